The van der Waals surface area contributed by atoms with Crippen molar-refractivity contribution < 1.29 is 56.5 Å². The zero-order chi connectivity index (χ0) is 70.9. The van der Waals surface area contributed by atoms with Crippen LogP contribution in [0.15, 0.2) is 53.3 Å². The van der Waals surface area contributed by atoms with E-state index < -0.39 is 35.5 Å². The molecule has 0 saturated heterocycles. The van der Waals surface area contributed by atoms with Gasteiger partial charge in [-0.2, -0.15) is 25.8 Å². The fourth-order valence-corrected chi connectivity index (χ4v) is 13.0. The highest BCUT2D eigenvalue weighted by Crippen LogP contribution is 2.34. The number of amides is 9. The van der Waals surface area contributed by atoms with Crippen LogP contribution in [-0.4, -0.2) is 234 Å². The minimum Gasteiger partial charge on any atom is -0.317 e. The van der Waals surface area contributed by atoms with Crippen molar-refractivity contribution in [3.05, 3.63) is 133 Å². The van der Waals surface area contributed by atoms with Gasteiger partial charge < -0.3 is 45.3 Å². The molecule has 0 aliphatic carbocycles. The van der Waals surface area contributed by atoms with E-state index in [4.69, 9.17) is 25.0 Å². The quantitative estimate of drug-likeness (QED) is 0.145. The second-order valence-corrected chi connectivity index (χ2v) is 26.4. The van der Waals surface area contributed by atoms with Crippen molar-refractivity contribution in [2.45, 2.75) is 116 Å². The van der Waals surface area contributed by atoms with E-state index in [0.717, 1.165) is 29.2 Å². The molecule has 0 radical (unpaired) electrons. The van der Waals surface area contributed by atoms with Crippen molar-refractivity contribution in [1.29, 1.82) is 10.5 Å². The molecule has 34 heteroatoms. The SMILES string of the molecule is C[C@@H]1Cc2nn3c(c2CN1C(=O)Nc1ccc(F)c(C#N)c1)C(=O)N(C)O[C@@H](CN(C)C)C3.C[C@@H]1Cc2nn3c(c2CN1C(=O)Nc1ccc(F)c(C#N)c1)C(=O)N(C)O[C@H](CN(C)C)C3.C[C@@H]1Cc2nn3c(c2CN1C(=O)Nc1ccnc(Br)c1F)C(=O)N(C)O[C@H](CN(C)C)C3. The summed E-state index contributed by atoms with van der Waals surface area (Å²) in [6.07, 6.45) is 2.13. The molecule has 10 heterocycles. The lowest BCUT2D eigenvalue weighted by Gasteiger charge is -2.33. The average Bonchev–Trinajstić information content (AvgIpc) is 1.62. The number of nitriles is 2. The van der Waals surface area contributed by atoms with Crippen LogP contribution in [0.3, 0.4) is 0 Å². The largest absolute Gasteiger partial charge is 0.322 e. The molecule has 4 aromatic heterocycles. The van der Waals surface area contributed by atoms with Gasteiger partial charge in [0.05, 0.1) is 73.2 Å². The lowest BCUT2D eigenvalue weighted by Crippen LogP contribution is -2.45. The maximum absolute atomic E-state index is 14.3. The van der Waals surface area contributed by atoms with Crippen LogP contribution >= 0.6 is 15.9 Å². The number of halogens is 4. The monoisotopic (exact) mass is 1420 g/mol. The number of nitrogens with zero attached hydrogens (tertiary/aromatic N) is 18. The number of hydrogen-bond donors (Lipinski definition) is 3. The standard InChI is InChI=1S/2C22H26FN7O3.C20H25BrFN7O3/c2*1-13-7-19-17(12-29(13)22(32)25-15-5-6-18(23)14(8-15)9-24)20-21(31)28(4)33-16(10-27(2)3)11-30(20)26-19;1-11-7-15-13(10-28(11)20(31)24-14-5-6-23-18(21)16(14)22)17-19(30)27(4)32-12(8-26(2)3)9-29(17)25-15/h2*5-6,8,13,16H,7,10-12H2,1-4H3,(H,25,32);5-6,11-12H,7-10H2,1-4H3,(H,23,24,31)/t13-,16+;13-,16-;11-,12-/m111/s1. The third-order valence-corrected chi connectivity index (χ3v) is 17.8. The summed E-state index contributed by atoms with van der Waals surface area (Å²) in [6.45, 7) is 9.42. The van der Waals surface area contributed by atoms with E-state index in [9.17, 15) is 41.9 Å². The van der Waals surface area contributed by atoms with Gasteiger partial charge in [0.2, 0.25) is 0 Å². The van der Waals surface area contributed by atoms with Gasteiger partial charge in [-0.15, -0.1) is 0 Å². The van der Waals surface area contributed by atoms with E-state index in [-0.39, 0.29) is 95.2 Å². The predicted molar refractivity (Wildman–Crippen MR) is 351 cm³/mol. The molecule has 0 bridgehead atoms. The lowest BCUT2D eigenvalue weighted by atomic mass is 9.99. The summed E-state index contributed by atoms with van der Waals surface area (Å²) in [5.74, 6) is -2.86. The third kappa shape index (κ3) is 15.4. The first kappa shape index (κ1) is 71.2. The Bertz CT molecular complexity index is 3990. The van der Waals surface area contributed by atoms with Gasteiger partial charge in [-0.05, 0) is 121 Å². The van der Waals surface area contributed by atoms with Gasteiger partial charge >= 0.3 is 18.1 Å². The van der Waals surface area contributed by atoms with Crippen LogP contribution in [-0.2, 0) is 73.0 Å². The first-order valence-electron chi connectivity index (χ1n) is 31.5. The fraction of sp³-hybridized carbons (Fsp3) is 0.469. The molecule has 0 fully saturated rings. The van der Waals surface area contributed by atoms with Gasteiger partial charge in [0, 0.05) is 112 Å². The highest BCUT2D eigenvalue weighted by atomic mass is 79.9. The zero-order valence-corrected chi connectivity index (χ0v) is 57.9. The Labute approximate surface area is 571 Å². The minimum absolute atomic E-state index is 0.0205. The number of hydroxylamine groups is 6. The summed E-state index contributed by atoms with van der Waals surface area (Å²) in [7, 11) is 16.4. The van der Waals surface area contributed by atoms with E-state index in [1.165, 1.54) is 51.7 Å². The van der Waals surface area contributed by atoms with E-state index in [1.807, 2.05) is 77.8 Å². The maximum Gasteiger partial charge on any atom is 0.322 e. The van der Waals surface area contributed by atoms with Gasteiger partial charge in [-0.1, -0.05) is 0 Å². The number of anilines is 3. The molecular weight excluding hydrogens is 1340 g/mol. The first-order valence-corrected chi connectivity index (χ1v) is 32.3. The number of urea groups is 3. The number of rotatable bonds is 9. The number of carbonyl (C=O) groups is 6. The first-order chi connectivity index (χ1) is 46.5. The number of benzene rings is 2. The molecule has 0 unspecified atom stereocenters. The summed E-state index contributed by atoms with van der Waals surface area (Å²) in [4.78, 5) is 110. The Balaban J connectivity index is 0.000000159. The third-order valence-electron chi connectivity index (χ3n) is 17.2. The Morgan fingerprint density at radius 2 is 0.878 bits per heavy atom. The molecule has 6 atom stereocenters. The van der Waals surface area contributed by atoms with Crippen LogP contribution in [0.1, 0.15) is 97.1 Å². The van der Waals surface area contributed by atoms with Crippen molar-refractivity contribution >= 4 is 68.8 Å². The molecule has 9 amide bonds. The van der Waals surface area contributed by atoms with Crippen LogP contribution in [0, 0.1) is 40.1 Å². The molecule has 0 saturated carbocycles. The number of fused-ring (bicyclic) bond motifs is 9. The smallest absolute Gasteiger partial charge is 0.317 e. The number of nitrogens with one attached hydrogen (secondary N) is 3. The molecule has 520 valence electrons. The number of pyridine rings is 1. The van der Waals surface area contributed by atoms with Crippen molar-refractivity contribution in [2.75, 3.05) is 99.0 Å². The van der Waals surface area contributed by atoms with Crippen molar-refractivity contribution in [1.82, 2.24) is 78.9 Å². The van der Waals surface area contributed by atoms with Crippen LogP contribution < -0.4 is 16.0 Å². The fourth-order valence-electron chi connectivity index (χ4n) is 12.6. The van der Waals surface area contributed by atoms with Crippen LogP contribution in [0.4, 0.5) is 44.6 Å². The highest BCUT2D eigenvalue weighted by Gasteiger charge is 2.42. The molecular formula is C64H77BrF3N21O9. The van der Waals surface area contributed by atoms with Gasteiger partial charge in [-0.25, -0.2) is 47.7 Å². The Hall–Kier alpha value is -9.55. The summed E-state index contributed by atoms with van der Waals surface area (Å²) >= 11 is 3.02. The van der Waals surface area contributed by atoms with E-state index in [2.05, 4.69) is 52.2 Å². The number of carbonyl (C=O) groups excluding carboxylic acids is 6. The topological polar surface area (TPSA) is 309 Å². The molecule has 2 aromatic carbocycles. The molecule has 3 N–H and O–H groups in total. The highest BCUT2D eigenvalue weighted by molar-refractivity contribution is 9.10. The molecule has 30 nitrogen and oxygen atoms in total. The van der Waals surface area contributed by atoms with Crippen molar-refractivity contribution in [2.24, 2.45) is 0 Å². The summed E-state index contributed by atoms with van der Waals surface area (Å²) in [5.41, 5.74) is 6.11. The van der Waals surface area contributed by atoms with Crippen LogP contribution in [0.2, 0.25) is 0 Å². The van der Waals surface area contributed by atoms with Crippen molar-refractivity contribution in [3.8, 4) is 12.1 Å². The van der Waals surface area contributed by atoms with Gasteiger partial charge in [-0.3, -0.25) is 42.9 Å². The number of aromatic nitrogens is 7. The second kappa shape index (κ2) is 29.7. The van der Waals surface area contributed by atoms with E-state index in [1.54, 1.807) is 62.0 Å². The Kier molecular flexibility index (Phi) is 21.6. The van der Waals surface area contributed by atoms with Gasteiger partial charge in [0.25, 0.3) is 17.7 Å². The summed E-state index contributed by atoms with van der Waals surface area (Å²) < 4.78 is 46.6. The average molecular weight is 1420 g/mol. The summed E-state index contributed by atoms with van der Waals surface area (Å²) in [5, 5.41) is 43.9. The van der Waals surface area contributed by atoms with Crippen molar-refractivity contribution in [3.63, 3.8) is 0 Å². The molecule has 6 aliphatic rings. The Morgan fingerprint density at radius 1 is 0.551 bits per heavy atom. The Morgan fingerprint density at radius 3 is 1.19 bits per heavy atom. The van der Waals surface area contributed by atoms with E-state index >= 15 is 0 Å². The number of hydrogen-bond acceptors (Lipinski definition) is 18. The summed E-state index contributed by atoms with van der Waals surface area (Å²) in [6, 6.07) is 10.8. The van der Waals surface area contributed by atoms with Gasteiger partial charge in [0.15, 0.2) is 5.82 Å². The molecule has 0 spiro atoms. The van der Waals surface area contributed by atoms with Crippen LogP contribution in [0.25, 0.3) is 0 Å². The zero-order valence-electron chi connectivity index (χ0n) is 56.3. The maximum atomic E-state index is 14.3. The molecule has 12 rings (SSSR count). The second-order valence-electron chi connectivity index (χ2n) is 25.7. The molecule has 6 aliphatic heterocycles. The molecule has 6 aromatic rings. The normalized spacial score (nSPS) is 20.4. The van der Waals surface area contributed by atoms with Gasteiger partial charge in [0.1, 0.15) is 63.8 Å². The minimum atomic E-state index is -0.647. The molecule has 98 heavy (non-hydrogen) atoms. The lowest BCUT2D eigenvalue weighted by molar-refractivity contribution is -0.152. The van der Waals surface area contributed by atoms with E-state index in [0.29, 0.717) is 104 Å². The van der Waals surface area contributed by atoms with Crippen LogP contribution in [0.5, 0.6) is 0 Å². The predicted octanol–water partition coefficient (Wildman–Crippen LogP) is 5.75. The number of likely N-dealkylation sites (N-methyl/N-ethyl adjacent to an activating group) is 3.